The highest BCUT2D eigenvalue weighted by atomic mass is 16.4. The molecule has 0 bridgehead atoms. The molecule has 0 aliphatic carbocycles. The number of carbonyl (C=O) groups is 1. The lowest BCUT2D eigenvalue weighted by molar-refractivity contribution is -0.141. The molecule has 1 aromatic heterocycles. The molecule has 3 N–H and O–H groups in total. The molecule has 0 aliphatic heterocycles. The van der Waals surface area contributed by atoms with Crippen LogP contribution in [0.15, 0.2) is 10.9 Å². The normalized spacial score (nSPS) is 12.1. The van der Waals surface area contributed by atoms with Crippen LogP contribution in [0.1, 0.15) is 25.6 Å². The van der Waals surface area contributed by atoms with Crippen LogP contribution in [0.25, 0.3) is 0 Å². The van der Waals surface area contributed by atoms with Crippen molar-refractivity contribution in [1.82, 2.24) is 9.97 Å². The molecule has 0 saturated carbocycles. The molecule has 1 aromatic rings. The lowest BCUT2D eigenvalue weighted by atomic mass is 10.1. The number of hydrogen-bond acceptors (Lipinski definition) is 4. The van der Waals surface area contributed by atoms with E-state index in [1.165, 1.54) is 6.07 Å². The van der Waals surface area contributed by atoms with Crippen molar-refractivity contribution in [3.05, 3.63) is 22.2 Å². The van der Waals surface area contributed by atoms with Crippen LogP contribution in [0, 0.1) is 12.8 Å². The summed E-state index contributed by atoms with van der Waals surface area (Å²) in [5.41, 5.74) is -0.195. The van der Waals surface area contributed by atoms with Gasteiger partial charge in [-0.05, 0) is 19.8 Å². The fraction of sp³-hybridized carbons (Fsp3) is 0.545. The third-order valence-corrected chi connectivity index (χ3v) is 2.40. The van der Waals surface area contributed by atoms with E-state index < -0.39 is 5.97 Å². The maximum atomic E-state index is 11.1. The lowest BCUT2D eigenvalue weighted by Gasteiger charge is -2.07. The molecule has 0 fully saturated rings. The van der Waals surface area contributed by atoms with E-state index in [1.54, 1.807) is 13.8 Å². The highest BCUT2D eigenvalue weighted by Crippen LogP contribution is 2.06. The summed E-state index contributed by atoms with van der Waals surface area (Å²) in [6.45, 7) is 3.99. The number of hydrogen-bond donors (Lipinski definition) is 3. The van der Waals surface area contributed by atoms with Crippen LogP contribution in [-0.4, -0.2) is 27.6 Å². The first-order valence-electron chi connectivity index (χ1n) is 5.53. The van der Waals surface area contributed by atoms with E-state index in [9.17, 15) is 9.59 Å². The molecule has 0 aliphatic rings. The Morgan fingerprint density at radius 2 is 2.35 bits per heavy atom. The number of rotatable bonds is 6. The number of anilines is 1. The largest absolute Gasteiger partial charge is 0.481 e. The van der Waals surface area contributed by atoms with Crippen molar-refractivity contribution in [2.24, 2.45) is 5.92 Å². The maximum Gasteiger partial charge on any atom is 0.306 e. The van der Waals surface area contributed by atoms with Gasteiger partial charge < -0.3 is 15.4 Å². The molecule has 0 radical (unpaired) electrons. The molecule has 0 spiro atoms. The molecular weight excluding hydrogens is 222 g/mol. The minimum atomic E-state index is -0.782. The summed E-state index contributed by atoms with van der Waals surface area (Å²) in [5.74, 6) is -0.0473. The van der Waals surface area contributed by atoms with Crippen molar-refractivity contribution in [3.63, 3.8) is 0 Å². The van der Waals surface area contributed by atoms with Gasteiger partial charge >= 0.3 is 5.97 Å². The third-order valence-electron chi connectivity index (χ3n) is 2.40. The van der Waals surface area contributed by atoms with E-state index in [1.807, 2.05) is 0 Å². The zero-order chi connectivity index (χ0) is 12.8. The minimum Gasteiger partial charge on any atom is -0.481 e. The van der Waals surface area contributed by atoms with Crippen LogP contribution in [0.3, 0.4) is 0 Å². The number of H-pyrrole nitrogens is 1. The Balaban J connectivity index is 2.36. The van der Waals surface area contributed by atoms with Gasteiger partial charge in [-0.15, -0.1) is 0 Å². The van der Waals surface area contributed by atoms with E-state index in [0.717, 1.165) is 6.42 Å². The quantitative estimate of drug-likeness (QED) is 0.643. The number of aryl methyl sites for hydroxylation is 1. The van der Waals surface area contributed by atoms with Gasteiger partial charge in [0.2, 0.25) is 0 Å². The van der Waals surface area contributed by atoms with E-state index in [4.69, 9.17) is 5.11 Å². The fourth-order valence-corrected chi connectivity index (χ4v) is 1.42. The van der Waals surface area contributed by atoms with Crippen molar-refractivity contribution < 1.29 is 9.90 Å². The fourth-order valence-electron chi connectivity index (χ4n) is 1.42. The maximum absolute atomic E-state index is 11.1. The Morgan fingerprint density at radius 3 is 2.94 bits per heavy atom. The second-order valence-electron chi connectivity index (χ2n) is 4.02. The molecule has 6 heteroatoms. The highest BCUT2D eigenvalue weighted by Gasteiger charge is 2.09. The average Bonchev–Trinajstić information content (AvgIpc) is 2.22. The molecule has 0 aromatic carbocycles. The lowest BCUT2D eigenvalue weighted by Crippen LogP contribution is -2.14. The smallest absolute Gasteiger partial charge is 0.306 e. The number of aromatic nitrogens is 2. The van der Waals surface area contributed by atoms with Gasteiger partial charge in [0.15, 0.2) is 0 Å². The molecular formula is C11H17N3O3. The molecule has 1 unspecified atom stereocenters. The Morgan fingerprint density at radius 1 is 1.65 bits per heavy atom. The van der Waals surface area contributed by atoms with Crippen LogP contribution < -0.4 is 10.9 Å². The van der Waals surface area contributed by atoms with Gasteiger partial charge in [0.05, 0.1) is 5.92 Å². The van der Waals surface area contributed by atoms with Crippen LogP contribution in [0.2, 0.25) is 0 Å². The highest BCUT2D eigenvalue weighted by molar-refractivity contribution is 5.69. The molecule has 0 saturated heterocycles. The number of aliphatic carboxylic acids is 1. The molecule has 94 valence electrons. The van der Waals surface area contributed by atoms with Gasteiger partial charge in [0.1, 0.15) is 11.6 Å². The van der Waals surface area contributed by atoms with Gasteiger partial charge in [0, 0.05) is 12.6 Å². The molecule has 1 atom stereocenters. The van der Waals surface area contributed by atoms with Gasteiger partial charge in [-0.25, -0.2) is 4.98 Å². The van der Waals surface area contributed by atoms with Crippen molar-refractivity contribution in [2.45, 2.75) is 26.7 Å². The Hall–Kier alpha value is -1.85. The second kappa shape index (κ2) is 6.03. The number of carboxylic acids is 1. The first kappa shape index (κ1) is 13.2. The summed E-state index contributed by atoms with van der Waals surface area (Å²) in [6.07, 6.45) is 1.32. The number of carboxylic acid groups (broad SMARTS) is 1. The summed E-state index contributed by atoms with van der Waals surface area (Å²) in [7, 11) is 0. The average molecular weight is 239 g/mol. The first-order valence-corrected chi connectivity index (χ1v) is 5.53. The Bertz CT molecular complexity index is 442. The van der Waals surface area contributed by atoms with E-state index in [-0.39, 0.29) is 11.5 Å². The van der Waals surface area contributed by atoms with Crippen LogP contribution in [0.5, 0.6) is 0 Å². The summed E-state index contributed by atoms with van der Waals surface area (Å²) in [4.78, 5) is 28.4. The van der Waals surface area contributed by atoms with Gasteiger partial charge in [-0.2, -0.15) is 0 Å². The van der Waals surface area contributed by atoms with Gasteiger partial charge in [-0.3, -0.25) is 9.59 Å². The Labute approximate surface area is 99.1 Å². The molecule has 1 heterocycles. The summed E-state index contributed by atoms with van der Waals surface area (Å²) >= 11 is 0. The standard InChI is InChI=1S/C11H17N3O3/c1-7(11(16)17)4-3-5-12-9-6-10(15)14-8(2)13-9/h6-7H,3-5H2,1-2H3,(H,16,17)(H2,12,13,14,15). The summed E-state index contributed by atoms with van der Waals surface area (Å²) in [5, 5.41) is 11.7. The van der Waals surface area contributed by atoms with E-state index in [2.05, 4.69) is 15.3 Å². The van der Waals surface area contributed by atoms with Crippen LogP contribution >= 0.6 is 0 Å². The van der Waals surface area contributed by atoms with E-state index in [0.29, 0.717) is 24.6 Å². The predicted molar refractivity (Wildman–Crippen MR) is 64.1 cm³/mol. The van der Waals surface area contributed by atoms with Crippen molar-refractivity contribution in [2.75, 3.05) is 11.9 Å². The molecule has 17 heavy (non-hydrogen) atoms. The SMILES string of the molecule is Cc1nc(NCCCC(C)C(=O)O)cc(=O)[nH]1. The van der Waals surface area contributed by atoms with Crippen molar-refractivity contribution >= 4 is 11.8 Å². The van der Waals surface area contributed by atoms with Crippen LogP contribution in [0.4, 0.5) is 5.82 Å². The molecule has 0 amide bonds. The minimum absolute atomic E-state index is 0.195. The molecule has 6 nitrogen and oxygen atoms in total. The zero-order valence-electron chi connectivity index (χ0n) is 9.99. The number of nitrogens with zero attached hydrogens (tertiary/aromatic N) is 1. The first-order chi connectivity index (χ1) is 7.99. The van der Waals surface area contributed by atoms with E-state index >= 15 is 0 Å². The monoisotopic (exact) mass is 239 g/mol. The van der Waals surface area contributed by atoms with Crippen molar-refractivity contribution in [1.29, 1.82) is 0 Å². The third kappa shape index (κ3) is 4.67. The van der Waals surface area contributed by atoms with Crippen LogP contribution in [-0.2, 0) is 4.79 Å². The topological polar surface area (TPSA) is 95.1 Å². The predicted octanol–water partition coefficient (Wildman–Crippen LogP) is 0.991. The number of aromatic amines is 1. The second-order valence-corrected chi connectivity index (χ2v) is 4.02. The van der Waals surface area contributed by atoms with Gasteiger partial charge in [0.25, 0.3) is 5.56 Å². The Kier molecular flexibility index (Phi) is 4.68. The zero-order valence-corrected chi connectivity index (χ0v) is 9.99. The number of nitrogens with one attached hydrogen (secondary N) is 2. The summed E-state index contributed by atoms with van der Waals surface area (Å²) < 4.78 is 0. The summed E-state index contributed by atoms with van der Waals surface area (Å²) in [6, 6.07) is 1.38. The molecule has 1 rings (SSSR count). The van der Waals surface area contributed by atoms with Crippen molar-refractivity contribution in [3.8, 4) is 0 Å². The van der Waals surface area contributed by atoms with Gasteiger partial charge in [-0.1, -0.05) is 6.92 Å².